The normalized spacial score (nSPS) is 32.5. The van der Waals surface area contributed by atoms with Gasteiger partial charge in [0.05, 0.1) is 0 Å². The van der Waals surface area contributed by atoms with Gasteiger partial charge in [0.15, 0.2) is 0 Å². The summed E-state index contributed by atoms with van der Waals surface area (Å²) in [5.74, 6) is 0.949. The average Bonchev–Trinajstić information content (AvgIpc) is 2.29. The number of halogens is 2. The molecule has 0 unspecified atom stereocenters. The first kappa shape index (κ1) is 9.90. The van der Waals surface area contributed by atoms with Gasteiger partial charge >= 0.3 is 0 Å². The zero-order chi connectivity index (χ0) is 9.19. The molecule has 1 aliphatic heterocycles. The Morgan fingerprint density at radius 1 is 1.33 bits per heavy atom. The van der Waals surface area contributed by atoms with Gasteiger partial charge in [0, 0.05) is 21.2 Å². The SMILES string of the molecule is C[C@H]1CN(C)C2(CCC2)C1.FF. The Morgan fingerprint density at radius 3 is 2.08 bits per heavy atom. The number of hydrogen-bond donors (Lipinski definition) is 0. The van der Waals surface area contributed by atoms with Gasteiger partial charge in [0.25, 0.3) is 0 Å². The van der Waals surface area contributed by atoms with Gasteiger partial charge in [-0.2, -0.15) is 0 Å². The quantitative estimate of drug-likeness (QED) is 0.550. The van der Waals surface area contributed by atoms with Crippen molar-refractivity contribution in [2.45, 2.75) is 38.1 Å². The van der Waals surface area contributed by atoms with Crippen molar-refractivity contribution < 1.29 is 9.15 Å². The minimum Gasteiger partial charge on any atom is -0.300 e. The fourth-order valence-corrected chi connectivity index (χ4v) is 2.70. The highest BCUT2D eigenvalue weighted by molar-refractivity contribution is 5.02. The molecule has 0 radical (unpaired) electrons. The van der Waals surface area contributed by atoms with Crippen molar-refractivity contribution >= 4 is 0 Å². The van der Waals surface area contributed by atoms with E-state index >= 15 is 0 Å². The average molecular weight is 177 g/mol. The van der Waals surface area contributed by atoms with Crippen molar-refractivity contribution in [1.29, 1.82) is 0 Å². The molecular weight excluding hydrogens is 160 g/mol. The van der Waals surface area contributed by atoms with Crippen molar-refractivity contribution in [1.82, 2.24) is 4.90 Å². The summed E-state index contributed by atoms with van der Waals surface area (Å²) in [4.78, 5) is 2.58. The highest BCUT2D eigenvalue weighted by atomic mass is 20.0. The maximum atomic E-state index is 8.00. The van der Waals surface area contributed by atoms with Crippen molar-refractivity contribution in [3.05, 3.63) is 0 Å². The lowest BCUT2D eigenvalue weighted by molar-refractivity contribution is 0.0800. The molecule has 0 bridgehead atoms. The van der Waals surface area contributed by atoms with Gasteiger partial charge in [-0.3, -0.25) is 0 Å². The third-order valence-electron chi connectivity index (χ3n) is 3.41. The molecule has 0 aromatic carbocycles. The summed E-state index contributed by atoms with van der Waals surface area (Å²) in [5.41, 5.74) is 0.680. The Balaban J connectivity index is 0.000000336. The van der Waals surface area contributed by atoms with Crippen molar-refractivity contribution in [2.24, 2.45) is 5.92 Å². The van der Waals surface area contributed by atoms with Crippen molar-refractivity contribution in [3.8, 4) is 0 Å². The van der Waals surface area contributed by atoms with E-state index in [0.29, 0.717) is 5.54 Å². The predicted molar refractivity (Wildman–Crippen MR) is 45.2 cm³/mol. The lowest BCUT2D eigenvalue weighted by Gasteiger charge is -2.44. The largest absolute Gasteiger partial charge is 0.300 e. The van der Waals surface area contributed by atoms with Crippen LogP contribution in [0.25, 0.3) is 0 Å². The molecule has 2 rings (SSSR count). The summed E-state index contributed by atoms with van der Waals surface area (Å²) in [7, 11) is 2.29. The summed E-state index contributed by atoms with van der Waals surface area (Å²) in [6.07, 6.45) is 5.86. The zero-order valence-corrected chi connectivity index (χ0v) is 7.82. The Bertz CT molecular complexity index is 145. The van der Waals surface area contributed by atoms with Crippen LogP contribution in [0.5, 0.6) is 0 Å². The Morgan fingerprint density at radius 2 is 1.92 bits per heavy atom. The lowest BCUT2D eigenvalue weighted by Crippen LogP contribution is -2.46. The second-order valence-corrected chi connectivity index (χ2v) is 4.27. The van der Waals surface area contributed by atoms with E-state index in [0.717, 1.165) is 5.92 Å². The lowest BCUT2D eigenvalue weighted by atomic mass is 9.74. The molecule has 1 saturated carbocycles. The van der Waals surface area contributed by atoms with Crippen LogP contribution in [-0.2, 0) is 0 Å². The van der Waals surface area contributed by atoms with Crippen LogP contribution in [0, 0.1) is 5.92 Å². The van der Waals surface area contributed by atoms with Gasteiger partial charge in [-0.1, -0.05) is 6.92 Å². The molecule has 1 aliphatic carbocycles. The van der Waals surface area contributed by atoms with Crippen LogP contribution < -0.4 is 0 Å². The standard InChI is InChI=1S/C9H17N.F2/c1-8-6-9(4-3-5-9)10(2)7-8;1-2/h8H,3-7H2,1-2H3;/t8-;/m1./s1. The van der Waals surface area contributed by atoms with Crippen LogP contribution in [0.2, 0.25) is 0 Å². The molecule has 2 aliphatic rings. The number of rotatable bonds is 0. The Labute approximate surface area is 72.6 Å². The number of nitrogens with zero attached hydrogens (tertiary/aromatic N) is 1. The molecule has 1 atom stereocenters. The molecule has 72 valence electrons. The summed E-state index contributed by atoms with van der Waals surface area (Å²) >= 11 is 0. The summed E-state index contributed by atoms with van der Waals surface area (Å²) < 4.78 is 16.0. The predicted octanol–water partition coefficient (Wildman–Crippen LogP) is 2.72. The van der Waals surface area contributed by atoms with E-state index in [-0.39, 0.29) is 0 Å². The smallest absolute Gasteiger partial charge is 0.0209 e. The fourth-order valence-electron chi connectivity index (χ4n) is 2.70. The van der Waals surface area contributed by atoms with E-state index in [4.69, 9.17) is 9.15 Å². The molecule has 1 spiro atoms. The van der Waals surface area contributed by atoms with Crippen LogP contribution >= 0.6 is 0 Å². The van der Waals surface area contributed by atoms with Crippen LogP contribution in [0.4, 0.5) is 9.15 Å². The van der Waals surface area contributed by atoms with Crippen LogP contribution in [0.15, 0.2) is 0 Å². The Hall–Kier alpha value is -0.180. The van der Waals surface area contributed by atoms with E-state index in [1.807, 2.05) is 0 Å². The van der Waals surface area contributed by atoms with Crippen molar-refractivity contribution in [3.63, 3.8) is 0 Å². The van der Waals surface area contributed by atoms with Gasteiger partial charge in [-0.25, -0.2) is 0 Å². The first-order valence-corrected chi connectivity index (χ1v) is 4.58. The van der Waals surface area contributed by atoms with E-state index < -0.39 is 0 Å². The van der Waals surface area contributed by atoms with Crippen LogP contribution in [-0.4, -0.2) is 24.0 Å². The second kappa shape index (κ2) is 3.69. The molecule has 0 aromatic heterocycles. The van der Waals surface area contributed by atoms with Gasteiger partial charge in [0.2, 0.25) is 0 Å². The van der Waals surface area contributed by atoms with E-state index in [1.54, 1.807) is 0 Å². The van der Waals surface area contributed by atoms with Gasteiger partial charge in [-0.05, 0) is 38.6 Å². The van der Waals surface area contributed by atoms with Crippen LogP contribution in [0.1, 0.15) is 32.6 Å². The molecule has 2 fully saturated rings. The number of hydrogen-bond acceptors (Lipinski definition) is 1. The molecular formula is C9H17F2N. The highest BCUT2D eigenvalue weighted by Crippen LogP contribution is 2.46. The summed E-state index contributed by atoms with van der Waals surface area (Å²) in [5, 5.41) is 0. The topological polar surface area (TPSA) is 3.24 Å². The minimum absolute atomic E-state index is 0.680. The molecule has 0 N–H and O–H groups in total. The third kappa shape index (κ3) is 1.47. The van der Waals surface area contributed by atoms with Crippen LogP contribution in [0.3, 0.4) is 0 Å². The van der Waals surface area contributed by atoms with E-state index in [9.17, 15) is 0 Å². The van der Waals surface area contributed by atoms with E-state index in [1.165, 1.54) is 32.2 Å². The van der Waals surface area contributed by atoms with Crippen molar-refractivity contribution in [2.75, 3.05) is 13.6 Å². The molecule has 0 amide bonds. The second-order valence-electron chi connectivity index (χ2n) is 4.27. The van der Waals surface area contributed by atoms with Gasteiger partial charge < -0.3 is 4.90 Å². The molecule has 12 heavy (non-hydrogen) atoms. The summed E-state index contributed by atoms with van der Waals surface area (Å²) in [6, 6.07) is 0. The minimum atomic E-state index is 0.680. The van der Waals surface area contributed by atoms with Gasteiger partial charge in [0.1, 0.15) is 0 Å². The maximum Gasteiger partial charge on any atom is 0.0209 e. The van der Waals surface area contributed by atoms with E-state index in [2.05, 4.69) is 18.9 Å². The van der Waals surface area contributed by atoms with Gasteiger partial charge in [-0.15, -0.1) is 0 Å². The maximum absolute atomic E-state index is 8.00. The molecule has 1 nitrogen and oxygen atoms in total. The highest BCUT2D eigenvalue weighted by Gasteiger charge is 2.45. The molecule has 0 aromatic rings. The summed E-state index contributed by atoms with van der Waals surface area (Å²) in [6.45, 7) is 3.71. The fraction of sp³-hybridized carbons (Fsp3) is 1.00. The monoisotopic (exact) mass is 177 g/mol. The number of likely N-dealkylation sites (tertiary alicyclic amines) is 1. The Kier molecular flexibility index (Phi) is 3.04. The first-order chi connectivity index (χ1) is 5.73. The zero-order valence-electron chi connectivity index (χ0n) is 7.82. The molecule has 3 heteroatoms. The molecule has 1 saturated heterocycles. The first-order valence-electron chi connectivity index (χ1n) is 4.58. The molecule has 1 heterocycles. The third-order valence-corrected chi connectivity index (χ3v) is 3.41.